The van der Waals surface area contributed by atoms with E-state index in [4.69, 9.17) is 18.9 Å². The molecule has 0 bridgehead atoms. The van der Waals surface area contributed by atoms with Crippen LogP contribution in [0, 0.1) is 0 Å². The molecule has 0 saturated heterocycles. The van der Waals surface area contributed by atoms with Gasteiger partial charge in [0.1, 0.15) is 11.5 Å². The molecule has 3 aromatic carbocycles. The summed E-state index contributed by atoms with van der Waals surface area (Å²) in [5, 5.41) is 0. The number of benzene rings is 3. The molecule has 0 N–H and O–H groups in total. The van der Waals surface area contributed by atoms with Gasteiger partial charge in [0.25, 0.3) is 0 Å². The van der Waals surface area contributed by atoms with Crippen molar-refractivity contribution in [3.8, 4) is 11.5 Å². The van der Waals surface area contributed by atoms with Gasteiger partial charge in [0.2, 0.25) is 11.8 Å². The number of carbonyl (C=O) groups excluding carboxylic acids is 2. The summed E-state index contributed by atoms with van der Waals surface area (Å²) in [4.78, 5) is 33.7. The maximum Gasteiger partial charge on any atom is 0.363 e. The highest BCUT2D eigenvalue weighted by Gasteiger charge is 2.25. The number of rotatable bonds is 12. The van der Waals surface area contributed by atoms with E-state index in [0.29, 0.717) is 24.3 Å². The minimum absolute atomic E-state index is 0.203. The van der Waals surface area contributed by atoms with Gasteiger partial charge in [0.15, 0.2) is 11.4 Å². The lowest BCUT2D eigenvalue weighted by atomic mass is 10.1. The summed E-state index contributed by atoms with van der Waals surface area (Å²) in [5.41, 5.74) is 3.30. The van der Waals surface area contributed by atoms with Crippen LogP contribution in [0.5, 0.6) is 11.5 Å². The number of hydrogen-bond donors (Lipinski definition) is 0. The van der Waals surface area contributed by atoms with Crippen molar-refractivity contribution in [2.75, 3.05) is 13.2 Å². The zero-order chi connectivity index (χ0) is 29.3. The van der Waals surface area contributed by atoms with E-state index in [1.165, 1.54) is 0 Å². The fourth-order valence-electron chi connectivity index (χ4n) is 4.13. The lowest BCUT2D eigenvalue weighted by Gasteiger charge is -2.05. The summed E-state index contributed by atoms with van der Waals surface area (Å²) >= 11 is 0. The summed E-state index contributed by atoms with van der Waals surface area (Å²) in [7, 11) is 0. The van der Waals surface area contributed by atoms with E-state index in [9.17, 15) is 9.59 Å². The van der Waals surface area contributed by atoms with Crippen molar-refractivity contribution in [2.45, 2.75) is 39.5 Å². The van der Waals surface area contributed by atoms with Crippen LogP contribution >= 0.6 is 0 Å². The lowest BCUT2D eigenvalue weighted by molar-refractivity contribution is -0.130. The Kier molecular flexibility index (Phi) is 9.23. The van der Waals surface area contributed by atoms with Gasteiger partial charge in [-0.2, -0.15) is 0 Å². The van der Waals surface area contributed by atoms with Crippen LogP contribution in [0.15, 0.2) is 94.2 Å². The van der Waals surface area contributed by atoms with Crippen molar-refractivity contribution in [3.05, 3.63) is 106 Å². The molecule has 2 heterocycles. The molecule has 8 nitrogen and oxygen atoms in total. The Balaban J connectivity index is 1.24. The first-order chi connectivity index (χ1) is 20.5. The smallest absolute Gasteiger partial charge is 0.363 e. The molecule has 3 aromatic rings. The minimum atomic E-state index is -0.518. The molecule has 0 aromatic heterocycles. The van der Waals surface area contributed by atoms with Crippen molar-refractivity contribution >= 4 is 35.9 Å². The highest BCUT2D eigenvalue weighted by atomic mass is 16.6. The molecule has 0 unspecified atom stereocenters. The zero-order valence-corrected chi connectivity index (χ0v) is 23.7. The predicted octanol–water partition coefficient (Wildman–Crippen LogP) is 6.73. The number of aliphatic imine (C=N–C) groups is 2. The van der Waals surface area contributed by atoms with Crippen LogP contribution in [0.2, 0.25) is 0 Å². The molecule has 0 saturated carbocycles. The van der Waals surface area contributed by atoms with Crippen LogP contribution in [-0.2, 0) is 19.1 Å². The summed E-state index contributed by atoms with van der Waals surface area (Å²) in [6, 6.07) is 21.9. The molecular weight excluding hydrogens is 532 g/mol. The van der Waals surface area contributed by atoms with Gasteiger partial charge in [-0.3, -0.25) is 0 Å². The number of unbranched alkanes of at least 4 members (excludes halogenated alkanes) is 2. The van der Waals surface area contributed by atoms with Crippen LogP contribution in [0.1, 0.15) is 61.8 Å². The second-order valence-electron chi connectivity index (χ2n) is 9.79. The summed E-state index contributed by atoms with van der Waals surface area (Å²) < 4.78 is 22.1. The second-order valence-corrected chi connectivity index (χ2v) is 9.79. The Morgan fingerprint density at radius 3 is 1.33 bits per heavy atom. The molecule has 0 fully saturated rings. The van der Waals surface area contributed by atoms with Gasteiger partial charge in [0, 0.05) is 11.1 Å². The van der Waals surface area contributed by atoms with E-state index < -0.39 is 11.9 Å². The molecule has 2 aliphatic heterocycles. The summed E-state index contributed by atoms with van der Waals surface area (Å²) in [6.07, 6.45) is 7.43. The first-order valence-electron chi connectivity index (χ1n) is 14.1. The Labute approximate surface area is 245 Å². The molecule has 0 spiro atoms. The highest BCUT2D eigenvalue weighted by molar-refractivity contribution is 6.13. The Hall–Kier alpha value is -4.98. The van der Waals surface area contributed by atoms with Gasteiger partial charge in [-0.05, 0) is 84.7 Å². The third-order valence-corrected chi connectivity index (χ3v) is 6.52. The van der Waals surface area contributed by atoms with Gasteiger partial charge in [-0.15, -0.1) is 0 Å². The van der Waals surface area contributed by atoms with E-state index in [2.05, 4.69) is 23.8 Å². The van der Waals surface area contributed by atoms with Gasteiger partial charge in [-0.1, -0.05) is 51.0 Å². The maximum absolute atomic E-state index is 12.4. The Morgan fingerprint density at radius 2 is 0.976 bits per heavy atom. The van der Waals surface area contributed by atoms with Crippen LogP contribution in [0.25, 0.3) is 12.2 Å². The quantitative estimate of drug-likeness (QED) is 0.137. The number of hydrogen-bond acceptors (Lipinski definition) is 8. The molecule has 2 aliphatic rings. The number of cyclic esters (lactones) is 2. The third kappa shape index (κ3) is 7.20. The monoisotopic (exact) mass is 564 g/mol. The van der Waals surface area contributed by atoms with E-state index in [-0.39, 0.29) is 23.2 Å². The third-order valence-electron chi connectivity index (χ3n) is 6.52. The molecule has 5 rings (SSSR count). The summed E-state index contributed by atoms with van der Waals surface area (Å²) in [6.45, 7) is 5.55. The first kappa shape index (κ1) is 28.5. The molecule has 214 valence electrons. The topological polar surface area (TPSA) is 95.8 Å². The molecule has 0 amide bonds. The number of carbonyl (C=O) groups is 2. The van der Waals surface area contributed by atoms with Crippen molar-refractivity contribution < 1.29 is 28.5 Å². The van der Waals surface area contributed by atoms with Crippen LogP contribution < -0.4 is 9.47 Å². The highest BCUT2D eigenvalue weighted by Crippen LogP contribution is 2.24. The molecule has 0 aliphatic carbocycles. The minimum Gasteiger partial charge on any atom is -0.494 e. The van der Waals surface area contributed by atoms with Crippen LogP contribution in [0.3, 0.4) is 0 Å². The van der Waals surface area contributed by atoms with E-state index >= 15 is 0 Å². The second kappa shape index (κ2) is 13.6. The maximum atomic E-state index is 12.4. The molecule has 42 heavy (non-hydrogen) atoms. The standard InChI is InChI=1S/C34H32N2O6/c1-3-5-19-39-27-15-11-25(12-16-27)31-35-29(33(37)41-31)21-23-7-9-24(10-8-23)22-30-34(38)42-32(36-30)26-13-17-28(18-14-26)40-20-6-4-2/h7-18,21-22H,3-6,19-20H2,1-2H3/b29-21+,30-22+. The molecular formula is C34H32N2O6. The molecule has 8 heteroatoms. The largest absolute Gasteiger partial charge is 0.494 e. The van der Waals surface area contributed by atoms with Crippen molar-refractivity contribution in [1.82, 2.24) is 0 Å². The Bertz CT molecular complexity index is 1430. The van der Waals surface area contributed by atoms with Crippen LogP contribution in [-0.4, -0.2) is 36.9 Å². The first-order valence-corrected chi connectivity index (χ1v) is 14.1. The Morgan fingerprint density at radius 1 is 0.595 bits per heavy atom. The fourth-order valence-corrected chi connectivity index (χ4v) is 4.13. The normalized spacial score (nSPS) is 16.3. The average Bonchev–Trinajstić information content (AvgIpc) is 3.56. The molecule has 0 radical (unpaired) electrons. The lowest BCUT2D eigenvalue weighted by Crippen LogP contribution is -2.05. The SMILES string of the molecule is CCCCOc1ccc(C2=N/C(=C/c3ccc(/C=C4/N=C(c5ccc(OCCCC)cc5)OC4=O)cc3)C(=O)O2)cc1. The average molecular weight is 565 g/mol. The number of nitrogens with zero attached hydrogens (tertiary/aromatic N) is 2. The van der Waals surface area contributed by atoms with Gasteiger partial charge >= 0.3 is 11.9 Å². The number of ether oxygens (including phenoxy) is 4. The van der Waals surface area contributed by atoms with Crippen molar-refractivity contribution in [3.63, 3.8) is 0 Å². The van der Waals surface area contributed by atoms with E-state index in [0.717, 1.165) is 48.3 Å². The number of esters is 2. The van der Waals surface area contributed by atoms with Gasteiger partial charge < -0.3 is 18.9 Å². The predicted molar refractivity (Wildman–Crippen MR) is 161 cm³/mol. The molecule has 0 atom stereocenters. The fraction of sp³-hybridized carbons (Fsp3) is 0.235. The van der Waals surface area contributed by atoms with Crippen molar-refractivity contribution in [1.29, 1.82) is 0 Å². The van der Waals surface area contributed by atoms with Gasteiger partial charge in [-0.25, -0.2) is 19.6 Å². The van der Waals surface area contributed by atoms with E-state index in [1.54, 1.807) is 12.2 Å². The summed E-state index contributed by atoms with van der Waals surface area (Å²) in [5.74, 6) is 0.987. The van der Waals surface area contributed by atoms with E-state index in [1.807, 2.05) is 72.8 Å². The van der Waals surface area contributed by atoms with Gasteiger partial charge in [0.05, 0.1) is 13.2 Å². The van der Waals surface area contributed by atoms with Crippen LogP contribution in [0.4, 0.5) is 0 Å². The van der Waals surface area contributed by atoms with Crippen molar-refractivity contribution in [2.24, 2.45) is 9.98 Å². The zero-order valence-electron chi connectivity index (χ0n) is 23.7.